The lowest BCUT2D eigenvalue weighted by molar-refractivity contribution is 0.0491. The molecule has 0 saturated heterocycles. The lowest BCUT2D eigenvalue weighted by Crippen LogP contribution is -2.50. The minimum Gasteiger partial charge on any atom is -0.444 e. The standard InChI is InChI=1S/C25H32BrN3O3/c1-25(2,3)32-24(31)28-20-11-15-22(16-12-20)29(21-13-9-19(26)10-14-21)23(30)27-17-18-7-5-4-6-8-18/h4-10,13-14,20,22H,11-12,15-17H2,1-3H3,(H,27,30)(H,28,31)/t20-,22-. The van der Waals surface area contributed by atoms with E-state index >= 15 is 0 Å². The average molecular weight is 502 g/mol. The summed E-state index contributed by atoms with van der Waals surface area (Å²) in [5, 5.41) is 6.04. The highest BCUT2D eigenvalue weighted by molar-refractivity contribution is 9.10. The number of amides is 3. The molecule has 0 spiro atoms. The summed E-state index contributed by atoms with van der Waals surface area (Å²) >= 11 is 3.47. The molecule has 1 saturated carbocycles. The van der Waals surface area contributed by atoms with Crippen molar-refractivity contribution in [2.45, 2.75) is 70.7 Å². The number of benzene rings is 2. The van der Waals surface area contributed by atoms with Crippen LogP contribution in [0.4, 0.5) is 15.3 Å². The third kappa shape index (κ3) is 7.26. The van der Waals surface area contributed by atoms with Gasteiger partial charge in [0.25, 0.3) is 0 Å². The molecule has 0 aromatic heterocycles. The second-order valence-electron chi connectivity index (χ2n) is 9.14. The van der Waals surface area contributed by atoms with Crippen molar-refractivity contribution in [3.63, 3.8) is 0 Å². The molecule has 2 N–H and O–H groups in total. The molecule has 1 fully saturated rings. The normalized spacial score (nSPS) is 18.5. The zero-order chi connectivity index (χ0) is 23.1. The lowest BCUT2D eigenvalue weighted by atomic mass is 9.90. The molecule has 32 heavy (non-hydrogen) atoms. The summed E-state index contributed by atoms with van der Waals surface area (Å²) in [5.74, 6) is 0. The van der Waals surface area contributed by atoms with Crippen LogP contribution in [0.15, 0.2) is 59.1 Å². The number of halogens is 1. The van der Waals surface area contributed by atoms with Gasteiger partial charge in [0, 0.05) is 28.8 Å². The summed E-state index contributed by atoms with van der Waals surface area (Å²) in [7, 11) is 0. The van der Waals surface area contributed by atoms with E-state index in [4.69, 9.17) is 4.74 Å². The Kier molecular flexibility index (Phi) is 8.18. The second-order valence-corrected chi connectivity index (χ2v) is 10.1. The van der Waals surface area contributed by atoms with Crippen LogP contribution in [0.25, 0.3) is 0 Å². The maximum atomic E-state index is 13.2. The molecule has 1 aliphatic rings. The Morgan fingerprint density at radius 2 is 1.62 bits per heavy atom. The summed E-state index contributed by atoms with van der Waals surface area (Å²) in [6.45, 7) is 6.04. The Morgan fingerprint density at radius 1 is 1.00 bits per heavy atom. The fourth-order valence-corrected chi connectivity index (χ4v) is 4.17. The van der Waals surface area contributed by atoms with Gasteiger partial charge in [-0.2, -0.15) is 0 Å². The molecule has 0 atom stereocenters. The number of urea groups is 1. The highest BCUT2D eigenvalue weighted by Crippen LogP contribution is 2.29. The van der Waals surface area contributed by atoms with Crippen LogP contribution in [-0.4, -0.2) is 29.8 Å². The van der Waals surface area contributed by atoms with E-state index in [2.05, 4.69) is 26.6 Å². The number of nitrogens with one attached hydrogen (secondary N) is 2. The lowest BCUT2D eigenvalue weighted by Gasteiger charge is -2.37. The quantitative estimate of drug-likeness (QED) is 0.527. The molecule has 3 rings (SSSR count). The van der Waals surface area contributed by atoms with Crippen molar-refractivity contribution in [2.24, 2.45) is 0 Å². The number of nitrogens with zero attached hydrogens (tertiary/aromatic N) is 1. The van der Waals surface area contributed by atoms with Crippen molar-refractivity contribution in [1.29, 1.82) is 0 Å². The molecular weight excluding hydrogens is 470 g/mol. The van der Waals surface area contributed by atoms with E-state index in [0.717, 1.165) is 41.4 Å². The first-order valence-corrected chi connectivity index (χ1v) is 11.9. The van der Waals surface area contributed by atoms with Crippen LogP contribution in [0.3, 0.4) is 0 Å². The van der Waals surface area contributed by atoms with Crippen LogP contribution in [0.2, 0.25) is 0 Å². The number of carbonyl (C=O) groups is 2. The van der Waals surface area contributed by atoms with Gasteiger partial charge in [0.2, 0.25) is 0 Å². The van der Waals surface area contributed by atoms with Crippen LogP contribution >= 0.6 is 15.9 Å². The van der Waals surface area contributed by atoms with Gasteiger partial charge in [0.1, 0.15) is 5.60 Å². The largest absolute Gasteiger partial charge is 0.444 e. The highest BCUT2D eigenvalue weighted by atomic mass is 79.9. The molecule has 0 aliphatic heterocycles. The number of rotatable bonds is 5. The summed E-state index contributed by atoms with van der Waals surface area (Å²) in [4.78, 5) is 27.2. The first-order chi connectivity index (χ1) is 15.2. The van der Waals surface area contributed by atoms with Crippen LogP contribution in [0, 0.1) is 0 Å². The van der Waals surface area contributed by atoms with E-state index < -0.39 is 5.60 Å². The summed E-state index contributed by atoms with van der Waals surface area (Å²) in [6.07, 6.45) is 2.81. The fourth-order valence-electron chi connectivity index (χ4n) is 3.91. The molecule has 6 nitrogen and oxygen atoms in total. The number of ether oxygens (including phenoxy) is 1. The number of anilines is 1. The molecule has 0 bridgehead atoms. The SMILES string of the molecule is CC(C)(C)OC(=O)N[C@H]1CC[C@H](N(C(=O)NCc2ccccc2)c2ccc(Br)cc2)CC1. The molecule has 2 aromatic carbocycles. The summed E-state index contributed by atoms with van der Waals surface area (Å²) in [6, 6.07) is 17.7. The Bertz CT molecular complexity index is 889. The van der Waals surface area contributed by atoms with Crippen molar-refractivity contribution in [3.05, 3.63) is 64.6 Å². The molecular formula is C25H32BrN3O3. The van der Waals surface area contributed by atoms with Crippen molar-refractivity contribution < 1.29 is 14.3 Å². The second kappa shape index (κ2) is 10.9. The molecule has 172 valence electrons. The van der Waals surface area contributed by atoms with E-state index in [-0.39, 0.29) is 24.2 Å². The molecule has 0 unspecified atom stereocenters. The van der Waals surface area contributed by atoms with Gasteiger partial charge in [0.15, 0.2) is 0 Å². The van der Waals surface area contributed by atoms with Gasteiger partial charge in [-0.25, -0.2) is 9.59 Å². The Hall–Kier alpha value is -2.54. The molecule has 1 aliphatic carbocycles. The van der Waals surface area contributed by atoms with Gasteiger partial charge in [-0.15, -0.1) is 0 Å². The Balaban J connectivity index is 1.64. The predicted octanol–water partition coefficient (Wildman–Crippen LogP) is 6.00. The average Bonchev–Trinajstić information content (AvgIpc) is 2.74. The van der Waals surface area contributed by atoms with E-state index in [1.807, 2.05) is 80.3 Å². The van der Waals surface area contributed by atoms with Crippen LogP contribution < -0.4 is 15.5 Å². The molecule has 0 heterocycles. The maximum Gasteiger partial charge on any atom is 0.407 e. The Labute approximate surface area is 198 Å². The van der Waals surface area contributed by atoms with Gasteiger partial charge in [-0.05, 0) is 76.3 Å². The van der Waals surface area contributed by atoms with Gasteiger partial charge in [-0.3, -0.25) is 4.90 Å². The minimum atomic E-state index is -0.517. The minimum absolute atomic E-state index is 0.0558. The fraction of sp³-hybridized carbons (Fsp3) is 0.440. The third-order valence-corrected chi connectivity index (χ3v) is 5.92. The van der Waals surface area contributed by atoms with E-state index in [0.29, 0.717) is 6.54 Å². The van der Waals surface area contributed by atoms with Gasteiger partial charge in [0.05, 0.1) is 0 Å². The van der Waals surface area contributed by atoms with E-state index in [1.54, 1.807) is 0 Å². The van der Waals surface area contributed by atoms with Crippen LogP contribution in [0.1, 0.15) is 52.0 Å². The van der Waals surface area contributed by atoms with Gasteiger partial charge >= 0.3 is 12.1 Å². The topological polar surface area (TPSA) is 70.7 Å². The number of hydrogen-bond donors (Lipinski definition) is 2. The Morgan fingerprint density at radius 3 is 2.22 bits per heavy atom. The monoisotopic (exact) mass is 501 g/mol. The molecule has 0 radical (unpaired) electrons. The van der Waals surface area contributed by atoms with Crippen molar-refractivity contribution in [2.75, 3.05) is 4.90 Å². The third-order valence-electron chi connectivity index (χ3n) is 5.39. The maximum absolute atomic E-state index is 13.2. The first-order valence-electron chi connectivity index (χ1n) is 11.1. The molecule has 2 aromatic rings. The zero-order valence-corrected chi connectivity index (χ0v) is 20.5. The van der Waals surface area contributed by atoms with Crippen molar-refractivity contribution >= 4 is 33.7 Å². The van der Waals surface area contributed by atoms with Crippen molar-refractivity contribution in [1.82, 2.24) is 10.6 Å². The van der Waals surface area contributed by atoms with Crippen LogP contribution in [0.5, 0.6) is 0 Å². The van der Waals surface area contributed by atoms with Crippen molar-refractivity contribution in [3.8, 4) is 0 Å². The smallest absolute Gasteiger partial charge is 0.407 e. The number of hydrogen-bond acceptors (Lipinski definition) is 3. The molecule has 7 heteroatoms. The van der Waals surface area contributed by atoms with E-state index in [1.165, 1.54) is 0 Å². The highest BCUT2D eigenvalue weighted by Gasteiger charge is 2.31. The summed E-state index contributed by atoms with van der Waals surface area (Å²) in [5.41, 5.74) is 1.40. The number of alkyl carbamates (subject to hydrolysis) is 1. The number of carbonyl (C=O) groups excluding carboxylic acids is 2. The van der Waals surface area contributed by atoms with Crippen LogP contribution in [-0.2, 0) is 11.3 Å². The summed E-state index contributed by atoms with van der Waals surface area (Å²) < 4.78 is 6.35. The van der Waals surface area contributed by atoms with Gasteiger partial charge < -0.3 is 15.4 Å². The first kappa shape index (κ1) is 24.1. The predicted molar refractivity (Wildman–Crippen MR) is 131 cm³/mol. The van der Waals surface area contributed by atoms with Gasteiger partial charge in [-0.1, -0.05) is 46.3 Å². The van der Waals surface area contributed by atoms with E-state index in [9.17, 15) is 9.59 Å². The molecule has 3 amide bonds. The zero-order valence-electron chi connectivity index (χ0n) is 18.9.